The molecular formula is C21H21FN4O2. The van der Waals surface area contributed by atoms with Crippen LogP contribution in [-0.4, -0.2) is 58.9 Å². The fraction of sp³-hybridized carbons (Fsp3) is 0.286. The maximum Gasteiger partial charge on any atom is 0.226 e. The van der Waals surface area contributed by atoms with E-state index in [-0.39, 0.29) is 5.82 Å². The van der Waals surface area contributed by atoms with Crippen molar-refractivity contribution < 1.29 is 14.2 Å². The average Bonchev–Trinajstić information content (AvgIpc) is 3.10. The third-order valence-electron chi connectivity index (χ3n) is 5.39. The molecule has 2 aliphatic heterocycles. The first-order valence-electron chi connectivity index (χ1n) is 9.35. The van der Waals surface area contributed by atoms with Gasteiger partial charge in [0.15, 0.2) is 0 Å². The molecule has 6 nitrogen and oxygen atoms in total. The molecule has 1 atom stereocenters. The Labute approximate surface area is 162 Å². The number of imidazole rings is 1. The first-order chi connectivity index (χ1) is 13.6. The maximum absolute atomic E-state index is 13.4. The van der Waals surface area contributed by atoms with E-state index < -0.39 is 6.29 Å². The average molecular weight is 380 g/mol. The predicted molar refractivity (Wildman–Crippen MR) is 106 cm³/mol. The van der Waals surface area contributed by atoms with Gasteiger partial charge in [0.25, 0.3) is 0 Å². The summed E-state index contributed by atoms with van der Waals surface area (Å²) in [5.41, 5.74) is 3.72. The van der Waals surface area contributed by atoms with Crippen molar-refractivity contribution in [1.29, 1.82) is 0 Å². The number of ether oxygens (including phenoxy) is 1. The second-order valence-electron chi connectivity index (χ2n) is 7.32. The molecular weight excluding hydrogens is 359 g/mol. The fourth-order valence-corrected chi connectivity index (χ4v) is 3.73. The van der Waals surface area contributed by atoms with Gasteiger partial charge < -0.3 is 24.0 Å². The van der Waals surface area contributed by atoms with E-state index in [9.17, 15) is 9.50 Å². The summed E-state index contributed by atoms with van der Waals surface area (Å²) in [6.07, 6.45) is 3.82. The summed E-state index contributed by atoms with van der Waals surface area (Å²) < 4.78 is 20.8. The lowest BCUT2D eigenvalue weighted by molar-refractivity contribution is 0.0318. The molecule has 0 bridgehead atoms. The lowest BCUT2D eigenvalue weighted by Gasteiger charge is -2.34. The maximum atomic E-state index is 13.4. The van der Waals surface area contributed by atoms with Crippen LogP contribution in [0.4, 0.5) is 10.1 Å². The van der Waals surface area contributed by atoms with Crippen LogP contribution in [0.5, 0.6) is 5.75 Å². The quantitative estimate of drug-likeness (QED) is 0.740. The Kier molecular flexibility index (Phi) is 4.07. The Bertz CT molecular complexity index is 1070. The van der Waals surface area contributed by atoms with E-state index >= 15 is 0 Å². The molecule has 2 aromatic heterocycles. The molecule has 5 rings (SSSR count). The number of benzene rings is 1. The van der Waals surface area contributed by atoms with Gasteiger partial charge in [-0.15, -0.1) is 0 Å². The zero-order valence-electron chi connectivity index (χ0n) is 15.5. The Morgan fingerprint density at radius 3 is 2.75 bits per heavy atom. The van der Waals surface area contributed by atoms with Crippen LogP contribution in [0.25, 0.3) is 17.3 Å². The lowest BCUT2D eigenvalue weighted by atomic mass is 10.0. The van der Waals surface area contributed by atoms with Crippen molar-refractivity contribution in [1.82, 2.24) is 14.3 Å². The van der Waals surface area contributed by atoms with Crippen LogP contribution in [0, 0.1) is 5.82 Å². The number of aliphatic hydroxyl groups is 1. The molecule has 1 N–H and O–H groups in total. The number of halogens is 1. The molecule has 0 spiro atoms. The van der Waals surface area contributed by atoms with E-state index in [4.69, 9.17) is 4.74 Å². The Morgan fingerprint density at radius 1 is 1.11 bits per heavy atom. The molecule has 28 heavy (non-hydrogen) atoms. The summed E-state index contributed by atoms with van der Waals surface area (Å²) in [7, 11) is 2.13. The molecule has 1 unspecified atom stereocenters. The third-order valence-corrected chi connectivity index (χ3v) is 5.39. The normalized spacial score (nSPS) is 20.0. The molecule has 3 aromatic rings. The molecule has 0 radical (unpaired) electrons. The van der Waals surface area contributed by atoms with Crippen LogP contribution in [0.15, 0.2) is 42.7 Å². The zero-order valence-corrected chi connectivity index (χ0v) is 15.5. The van der Waals surface area contributed by atoms with Gasteiger partial charge in [-0.3, -0.25) is 0 Å². The van der Waals surface area contributed by atoms with Crippen molar-refractivity contribution in [3.63, 3.8) is 0 Å². The highest BCUT2D eigenvalue weighted by molar-refractivity contribution is 5.86. The predicted octanol–water partition coefficient (Wildman–Crippen LogP) is 2.48. The van der Waals surface area contributed by atoms with Crippen LogP contribution < -0.4 is 9.64 Å². The van der Waals surface area contributed by atoms with E-state index in [1.54, 1.807) is 16.7 Å². The van der Waals surface area contributed by atoms with Gasteiger partial charge in [0.1, 0.15) is 17.2 Å². The summed E-state index contributed by atoms with van der Waals surface area (Å²) in [6.45, 7) is 3.99. The first-order valence-corrected chi connectivity index (χ1v) is 9.35. The summed E-state index contributed by atoms with van der Waals surface area (Å²) >= 11 is 0. The molecule has 1 saturated heterocycles. The van der Waals surface area contributed by atoms with Crippen LogP contribution in [-0.2, 0) is 0 Å². The summed E-state index contributed by atoms with van der Waals surface area (Å²) in [4.78, 5) is 9.11. The molecule has 2 aliphatic rings. The number of hydrogen-bond acceptors (Lipinski definition) is 5. The number of likely N-dealkylation sites (N-methyl/N-ethyl adjacent to an activating group) is 1. The van der Waals surface area contributed by atoms with Crippen molar-refractivity contribution in [2.75, 3.05) is 38.1 Å². The molecule has 1 aromatic carbocycles. The Hall–Kier alpha value is -2.90. The minimum atomic E-state index is -1.12. The molecule has 7 heteroatoms. The van der Waals surface area contributed by atoms with Gasteiger partial charge in [-0.1, -0.05) is 0 Å². The first kappa shape index (κ1) is 17.2. The van der Waals surface area contributed by atoms with Crippen LogP contribution in [0.1, 0.15) is 11.3 Å². The van der Waals surface area contributed by atoms with Crippen LogP contribution in [0.3, 0.4) is 0 Å². The molecule has 0 saturated carbocycles. The number of anilines is 1. The third kappa shape index (κ3) is 3.02. The van der Waals surface area contributed by atoms with Crippen LogP contribution >= 0.6 is 0 Å². The van der Waals surface area contributed by atoms with Crippen molar-refractivity contribution in [2.45, 2.75) is 6.29 Å². The van der Waals surface area contributed by atoms with Crippen molar-refractivity contribution >= 4 is 23.0 Å². The minimum absolute atomic E-state index is 0.340. The SMILES string of the molecule is CN1CCN(c2ccc3c(c2)OC(O)C(c2cn4cc(F)ccc4n2)=C3)CC1. The number of rotatable bonds is 2. The van der Waals surface area contributed by atoms with Crippen molar-refractivity contribution in [2.24, 2.45) is 0 Å². The van der Waals surface area contributed by atoms with Gasteiger partial charge in [0.2, 0.25) is 6.29 Å². The van der Waals surface area contributed by atoms with Crippen molar-refractivity contribution in [3.05, 3.63) is 59.8 Å². The van der Waals surface area contributed by atoms with Crippen LogP contribution in [0.2, 0.25) is 0 Å². The summed E-state index contributed by atoms with van der Waals surface area (Å²) in [6, 6.07) is 9.04. The monoisotopic (exact) mass is 380 g/mol. The van der Waals surface area contributed by atoms with E-state index in [0.29, 0.717) is 22.7 Å². The molecule has 4 heterocycles. The molecule has 144 valence electrons. The number of hydrogen-bond donors (Lipinski definition) is 1. The fourth-order valence-electron chi connectivity index (χ4n) is 3.73. The number of pyridine rings is 1. The highest BCUT2D eigenvalue weighted by Gasteiger charge is 2.25. The highest BCUT2D eigenvalue weighted by Crippen LogP contribution is 2.36. The van der Waals surface area contributed by atoms with Gasteiger partial charge in [-0.25, -0.2) is 9.37 Å². The lowest BCUT2D eigenvalue weighted by Crippen LogP contribution is -2.44. The van der Waals surface area contributed by atoms with E-state index in [2.05, 4.69) is 27.9 Å². The summed E-state index contributed by atoms with van der Waals surface area (Å²) in [5, 5.41) is 10.6. The van der Waals surface area contributed by atoms with E-state index in [1.807, 2.05) is 18.2 Å². The number of piperazine rings is 1. The molecule has 0 amide bonds. The number of nitrogens with zero attached hydrogens (tertiary/aromatic N) is 4. The smallest absolute Gasteiger partial charge is 0.226 e. The van der Waals surface area contributed by atoms with E-state index in [1.165, 1.54) is 12.3 Å². The summed E-state index contributed by atoms with van der Waals surface area (Å²) in [5.74, 6) is 0.315. The van der Waals surface area contributed by atoms with E-state index in [0.717, 1.165) is 37.4 Å². The topological polar surface area (TPSA) is 53.2 Å². The Balaban J connectivity index is 1.47. The van der Waals surface area contributed by atoms with Gasteiger partial charge in [0, 0.05) is 61.5 Å². The van der Waals surface area contributed by atoms with Crippen molar-refractivity contribution in [3.8, 4) is 5.75 Å². The number of aliphatic hydroxyl groups excluding tert-OH is 1. The number of fused-ring (bicyclic) bond motifs is 2. The Morgan fingerprint density at radius 2 is 1.93 bits per heavy atom. The zero-order chi connectivity index (χ0) is 19.3. The standard InChI is InChI=1S/C21H21FN4O2/c1-24-6-8-25(9-7-24)16-4-2-14-10-17(21(27)28-19(14)11-16)18-13-26-12-15(22)3-5-20(26)23-18/h2-5,10-13,21,27H,6-9H2,1H3. The minimum Gasteiger partial charge on any atom is -0.460 e. The molecule has 1 fully saturated rings. The highest BCUT2D eigenvalue weighted by atomic mass is 19.1. The van der Waals surface area contributed by atoms with Gasteiger partial charge in [0.05, 0.1) is 5.69 Å². The van der Waals surface area contributed by atoms with Gasteiger partial charge in [-0.2, -0.15) is 0 Å². The largest absolute Gasteiger partial charge is 0.460 e. The second-order valence-corrected chi connectivity index (χ2v) is 7.32. The molecule has 0 aliphatic carbocycles. The van der Waals surface area contributed by atoms with Gasteiger partial charge in [-0.05, 0) is 37.4 Å². The second kappa shape index (κ2) is 6.61. The van der Waals surface area contributed by atoms with Gasteiger partial charge >= 0.3 is 0 Å². The number of aromatic nitrogens is 2.